The highest BCUT2D eigenvalue weighted by molar-refractivity contribution is 5.64. The van der Waals surface area contributed by atoms with Crippen molar-refractivity contribution in [1.29, 1.82) is 0 Å². The smallest absolute Gasteiger partial charge is 0.207 e. The Labute approximate surface area is 99.7 Å². The van der Waals surface area contributed by atoms with E-state index in [1.54, 1.807) is 0 Å². The molecule has 0 aliphatic carbocycles. The standard InChI is InChI=1S/C13H6F5/c14-10-5-6-12(15)11(7-10)8-1-3-9(4-2-8)13(16,17)18/h1-3,5-7H. The van der Waals surface area contributed by atoms with E-state index in [4.69, 9.17) is 0 Å². The molecule has 0 aliphatic rings. The number of benzene rings is 2. The van der Waals surface area contributed by atoms with Crippen LogP contribution in [0.5, 0.6) is 0 Å². The summed E-state index contributed by atoms with van der Waals surface area (Å²) in [6.45, 7) is 0. The lowest BCUT2D eigenvalue weighted by molar-refractivity contribution is -0.137. The molecule has 18 heavy (non-hydrogen) atoms. The molecule has 0 heterocycles. The molecular formula is C13H6F5. The van der Waals surface area contributed by atoms with Crippen LogP contribution >= 0.6 is 0 Å². The van der Waals surface area contributed by atoms with Gasteiger partial charge < -0.3 is 0 Å². The quantitative estimate of drug-likeness (QED) is 0.662. The maximum Gasteiger partial charge on any atom is 0.417 e. The van der Waals surface area contributed by atoms with Gasteiger partial charge in [-0.1, -0.05) is 6.07 Å². The van der Waals surface area contributed by atoms with E-state index < -0.39 is 23.4 Å². The highest BCUT2D eigenvalue weighted by atomic mass is 19.4. The minimum Gasteiger partial charge on any atom is -0.207 e. The van der Waals surface area contributed by atoms with Crippen molar-refractivity contribution in [3.05, 3.63) is 59.7 Å². The Kier molecular flexibility index (Phi) is 3.07. The Balaban J connectivity index is 2.43. The first-order valence-corrected chi connectivity index (χ1v) is 4.92. The lowest BCUT2D eigenvalue weighted by atomic mass is 10.0. The van der Waals surface area contributed by atoms with Crippen LogP contribution in [0.15, 0.2) is 36.4 Å². The van der Waals surface area contributed by atoms with Gasteiger partial charge in [-0.05, 0) is 42.0 Å². The van der Waals surface area contributed by atoms with Gasteiger partial charge in [-0.2, -0.15) is 13.2 Å². The average Bonchev–Trinajstić information content (AvgIpc) is 2.31. The minimum absolute atomic E-state index is 0.0972. The summed E-state index contributed by atoms with van der Waals surface area (Å²) in [7, 11) is 0. The van der Waals surface area contributed by atoms with Crippen LogP contribution in [0.25, 0.3) is 11.1 Å². The molecule has 0 nitrogen and oxygen atoms in total. The van der Waals surface area contributed by atoms with Gasteiger partial charge in [-0.3, -0.25) is 0 Å². The summed E-state index contributed by atoms with van der Waals surface area (Å²) in [4.78, 5) is 0. The van der Waals surface area contributed by atoms with Crippen molar-refractivity contribution in [2.75, 3.05) is 0 Å². The maximum absolute atomic E-state index is 13.4. The van der Waals surface area contributed by atoms with E-state index >= 15 is 0 Å². The third-order valence-corrected chi connectivity index (χ3v) is 2.36. The zero-order valence-electron chi connectivity index (χ0n) is 8.85. The number of rotatable bonds is 1. The first-order valence-electron chi connectivity index (χ1n) is 4.92. The van der Waals surface area contributed by atoms with Gasteiger partial charge in [0.25, 0.3) is 0 Å². The second-order valence-corrected chi connectivity index (χ2v) is 3.61. The Morgan fingerprint density at radius 1 is 0.944 bits per heavy atom. The van der Waals surface area contributed by atoms with Crippen LogP contribution in [0.4, 0.5) is 22.0 Å². The Hall–Kier alpha value is -1.91. The normalized spacial score (nSPS) is 11.6. The van der Waals surface area contributed by atoms with Crippen LogP contribution in [0.2, 0.25) is 0 Å². The molecule has 93 valence electrons. The summed E-state index contributed by atoms with van der Waals surface area (Å²) in [6, 6.07) is 7.63. The zero-order chi connectivity index (χ0) is 13.3. The zero-order valence-corrected chi connectivity index (χ0v) is 8.85. The molecule has 0 bridgehead atoms. The second kappa shape index (κ2) is 4.40. The SMILES string of the molecule is Fc1ccc(F)c(-c2c[c]c(C(F)(F)F)cc2)c1. The lowest BCUT2D eigenvalue weighted by Gasteiger charge is -2.08. The second-order valence-electron chi connectivity index (χ2n) is 3.61. The number of hydrogen-bond acceptors (Lipinski definition) is 0. The van der Waals surface area contributed by atoms with E-state index in [2.05, 4.69) is 0 Å². The summed E-state index contributed by atoms with van der Waals surface area (Å²) in [5.74, 6) is -1.36. The van der Waals surface area contributed by atoms with Gasteiger partial charge in [-0.15, -0.1) is 0 Å². The molecule has 1 radical (unpaired) electrons. The number of hydrogen-bond donors (Lipinski definition) is 0. The number of halogens is 5. The molecule has 0 amide bonds. The number of alkyl halides is 3. The van der Waals surface area contributed by atoms with E-state index in [0.717, 1.165) is 36.4 Å². The summed E-state index contributed by atoms with van der Waals surface area (Å²) < 4.78 is 63.2. The molecule has 5 heteroatoms. The Morgan fingerprint density at radius 2 is 1.67 bits per heavy atom. The predicted molar refractivity (Wildman–Crippen MR) is 55.6 cm³/mol. The van der Waals surface area contributed by atoms with E-state index in [0.29, 0.717) is 0 Å². The van der Waals surface area contributed by atoms with Gasteiger partial charge in [0.1, 0.15) is 11.6 Å². The van der Waals surface area contributed by atoms with Crippen LogP contribution in [-0.2, 0) is 6.18 Å². The molecule has 0 spiro atoms. The molecule has 0 unspecified atom stereocenters. The van der Waals surface area contributed by atoms with Crippen LogP contribution in [0, 0.1) is 17.7 Å². The van der Waals surface area contributed by atoms with Crippen LogP contribution in [-0.4, -0.2) is 0 Å². The molecule has 0 atom stereocenters. The van der Waals surface area contributed by atoms with Crippen LogP contribution in [0.3, 0.4) is 0 Å². The van der Waals surface area contributed by atoms with Crippen molar-refractivity contribution in [2.24, 2.45) is 0 Å². The topological polar surface area (TPSA) is 0 Å². The van der Waals surface area contributed by atoms with Gasteiger partial charge in [0, 0.05) is 5.56 Å². The monoisotopic (exact) mass is 257 g/mol. The van der Waals surface area contributed by atoms with Crippen molar-refractivity contribution >= 4 is 0 Å². The van der Waals surface area contributed by atoms with Gasteiger partial charge in [0.2, 0.25) is 0 Å². The average molecular weight is 257 g/mol. The van der Waals surface area contributed by atoms with Gasteiger partial charge >= 0.3 is 6.18 Å². The van der Waals surface area contributed by atoms with E-state index in [-0.39, 0.29) is 11.1 Å². The van der Waals surface area contributed by atoms with Crippen molar-refractivity contribution in [1.82, 2.24) is 0 Å². The highest BCUT2D eigenvalue weighted by Gasteiger charge is 2.30. The molecule has 0 aromatic heterocycles. The fourth-order valence-electron chi connectivity index (χ4n) is 1.49. The van der Waals surface area contributed by atoms with Crippen LogP contribution in [0.1, 0.15) is 5.56 Å². The molecule has 0 saturated carbocycles. The molecule has 2 aromatic carbocycles. The molecule has 2 aromatic rings. The Bertz CT molecular complexity index is 555. The van der Waals surface area contributed by atoms with Crippen molar-refractivity contribution in [3.8, 4) is 11.1 Å². The lowest BCUT2D eigenvalue weighted by Crippen LogP contribution is -2.04. The third kappa shape index (κ3) is 2.50. The molecule has 0 aliphatic heterocycles. The third-order valence-electron chi connectivity index (χ3n) is 2.36. The van der Waals surface area contributed by atoms with E-state index in [1.807, 2.05) is 6.07 Å². The summed E-state index contributed by atoms with van der Waals surface area (Å²) >= 11 is 0. The van der Waals surface area contributed by atoms with Gasteiger partial charge in [0.05, 0.1) is 5.56 Å². The Morgan fingerprint density at radius 3 is 2.22 bits per heavy atom. The van der Waals surface area contributed by atoms with Gasteiger partial charge in [0.15, 0.2) is 0 Å². The van der Waals surface area contributed by atoms with E-state index in [9.17, 15) is 22.0 Å². The summed E-state index contributed by atoms with van der Waals surface area (Å²) in [5.41, 5.74) is -0.914. The first-order chi connectivity index (χ1) is 8.38. The van der Waals surface area contributed by atoms with Crippen molar-refractivity contribution in [3.63, 3.8) is 0 Å². The molecule has 2 rings (SSSR count). The largest absolute Gasteiger partial charge is 0.417 e. The predicted octanol–water partition coefficient (Wildman–Crippen LogP) is 4.45. The minimum atomic E-state index is -4.50. The molecule has 0 N–H and O–H groups in total. The highest BCUT2D eigenvalue weighted by Crippen LogP contribution is 2.31. The molecule has 0 fully saturated rings. The fourth-order valence-corrected chi connectivity index (χ4v) is 1.49. The maximum atomic E-state index is 13.4. The van der Waals surface area contributed by atoms with Crippen molar-refractivity contribution < 1.29 is 22.0 Å². The summed E-state index contributed by atoms with van der Waals surface area (Å²) in [5, 5.41) is 0. The van der Waals surface area contributed by atoms with Gasteiger partial charge in [-0.25, -0.2) is 8.78 Å². The summed E-state index contributed by atoms with van der Waals surface area (Å²) in [6.07, 6.45) is -4.50. The fraction of sp³-hybridized carbons (Fsp3) is 0.0769. The molecule has 0 saturated heterocycles. The van der Waals surface area contributed by atoms with E-state index in [1.165, 1.54) is 0 Å². The van der Waals surface area contributed by atoms with Crippen LogP contribution < -0.4 is 0 Å². The van der Waals surface area contributed by atoms with Crippen molar-refractivity contribution in [2.45, 2.75) is 6.18 Å². The first kappa shape index (κ1) is 12.5. The molecular weight excluding hydrogens is 251 g/mol.